The van der Waals surface area contributed by atoms with E-state index >= 15 is 0 Å². The molecule has 3 atom stereocenters. The number of hydrogen-bond acceptors (Lipinski definition) is 7. The Morgan fingerprint density at radius 2 is 1.84 bits per heavy atom. The standard InChI is InChI=1S/C24H29NO6S/c1-2-12-29-24(28)25-20-9-7-19(8-10-20)23-30-21(16-32-13-11-26)14-22(31-23)18-5-3-17(15-27)4-6-18/h2-10,21-23,26-27H,1,11-16H2,(H,25,28)/t21-,22+,23+/m1/s1. The molecule has 3 N–H and O–H groups in total. The van der Waals surface area contributed by atoms with Gasteiger partial charge in [0.1, 0.15) is 6.61 Å². The zero-order valence-corrected chi connectivity index (χ0v) is 18.6. The molecule has 0 bridgehead atoms. The molecule has 7 nitrogen and oxygen atoms in total. The molecule has 172 valence electrons. The molecule has 0 spiro atoms. The van der Waals surface area contributed by atoms with E-state index in [0.29, 0.717) is 17.9 Å². The first kappa shape index (κ1) is 24.3. The molecule has 8 heteroatoms. The van der Waals surface area contributed by atoms with Gasteiger partial charge in [-0.1, -0.05) is 49.1 Å². The van der Waals surface area contributed by atoms with E-state index in [0.717, 1.165) is 22.4 Å². The predicted octanol–water partition coefficient (Wildman–Crippen LogP) is 4.18. The SMILES string of the molecule is C=CCOC(=O)Nc1ccc([C@H]2O[C@@H](CSCCO)C[C@@H](c3ccc(CO)cc3)O2)cc1. The fraction of sp³-hybridized carbons (Fsp3) is 0.375. The zero-order chi connectivity index (χ0) is 22.8. The van der Waals surface area contributed by atoms with Crippen LogP contribution in [-0.4, -0.2) is 47.1 Å². The van der Waals surface area contributed by atoms with Crippen LogP contribution >= 0.6 is 11.8 Å². The van der Waals surface area contributed by atoms with Crippen LogP contribution in [-0.2, 0) is 20.8 Å². The number of carbonyl (C=O) groups is 1. The highest BCUT2D eigenvalue weighted by molar-refractivity contribution is 7.99. The summed E-state index contributed by atoms with van der Waals surface area (Å²) in [7, 11) is 0. The van der Waals surface area contributed by atoms with Gasteiger partial charge in [-0.05, 0) is 23.3 Å². The van der Waals surface area contributed by atoms with Gasteiger partial charge in [0.15, 0.2) is 6.29 Å². The number of aliphatic hydroxyl groups is 2. The highest BCUT2D eigenvalue weighted by Gasteiger charge is 2.32. The summed E-state index contributed by atoms with van der Waals surface area (Å²) in [6.07, 6.45) is 0.890. The third-order valence-electron chi connectivity index (χ3n) is 4.92. The lowest BCUT2D eigenvalue weighted by molar-refractivity contribution is -0.245. The van der Waals surface area contributed by atoms with Crippen LogP contribution < -0.4 is 5.32 Å². The van der Waals surface area contributed by atoms with Crippen LogP contribution in [0.25, 0.3) is 0 Å². The van der Waals surface area contributed by atoms with Crippen molar-refractivity contribution in [2.45, 2.75) is 31.5 Å². The number of carbonyl (C=O) groups excluding carboxylic acids is 1. The summed E-state index contributed by atoms with van der Waals surface area (Å²) in [5, 5.41) is 21.0. The monoisotopic (exact) mass is 459 g/mol. The fourth-order valence-electron chi connectivity index (χ4n) is 3.31. The Bertz CT molecular complexity index is 858. The average Bonchev–Trinajstić information content (AvgIpc) is 2.83. The quantitative estimate of drug-likeness (QED) is 0.362. The van der Waals surface area contributed by atoms with Gasteiger partial charge in [-0.25, -0.2) is 4.79 Å². The molecule has 0 radical (unpaired) electrons. The molecular formula is C24H29NO6S. The number of nitrogens with one attached hydrogen (secondary N) is 1. The first-order chi connectivity index (χ1) is 15.6. The number of benzene rings is 2. The predicted molar refractivity (Wildman–Crippen MR) is 124 cm³/mol. The maximum Gasteiger partial charge on any atom is 0.411 e. The second-order valence-electron chi connectivity index (χ2n) is 7.28. The van der Waals surface area contributed by atoms with Gasteiger partial charge in [-0.2, -0.15) is 11.8 Å². The molecule has 2 aromatic carbocycles. The second kappa shape index (κ2) is 12.6. The molecule has 1 fully saturated rings. The third-order valence-corrected chi connectivity index (χ3v) is 5.99. The van der Waals surface area contributed by atoms with Crippen molar-refractivity contribution in [2.24, 2.45) is 0 Å². The van der Waals surface area contributed by atoms with Crippen LogP contribution in [0.15, 0.2) is 61.2 Å². The summed E-state index contributed by atoms with van der Waals surface area (Å²) in [6, 6.07) is 15.0. The van der Waals surface area contributed by atoms with Crippen molar-refractivity contribution in [3.63, 3.8) is 0 Å². The molecule has 1 amide bonds. The van der Waals surface area contributed by atoms with Crippen LogP contribution in [0.1, 0.15) is 35.5 Å². The Hall–Kier alpha value is -2.36. The summed E-state index contributed by atoms with van der Waals surface area (Å²) in [6.45, 7) is 3.79. The average molecular weight is 460 g/mol. The Morgan fingerprint density at radius 1 is 1.12 bits per heavy atom. The van der Waals surface area contributed by atoms with Crippen LogP contribution in [0.5, 0.6) is 0 Å². The largest absolute Gasteiger partial charge is 0.445 e. The Kier molecular flexibility index (Phi) is 9.58. The van der Waals surface area contributed by atoms with E-state index in [2.05, 4.69) is 11.9 Å². The van der Waals surface area contributed by atoms with Crippen molar-refractivity contribution in [1.29, 1.82) is 0 Å². The maximum atomic E-state index is 11.7. The molecule has 32 heavy (non-hydrogen) atoms. The van der Waals surface area contributed by atoms with E-state index in [9.17, 15) is 9.90 Å². The Labute approximate surface area is 192 Å². The van der Waals surface area contributed by atoms with E-state index in [1.165, 1.54) is 6.08 Å². The minimum absolute atomic E-state index is 0.000515. The molecule has 0 aliphatic carbocycles. The van der Waals surface area contributed by atoms with Gasteiger partial charge in [0.05, 0.1) is 25.4 Å². The van der Waals surface area contributed by atoms with Gasteiger partial charge >= 0.3 is 6.09 Å². The summed E-state index contributed by atoms with van der Waals surface area (Å²) >= 11 is 1.64. The molecule has 0 aromatic heterocycles. The zero-order valence-electron chi connectivity index (χ0n) is 17.8. The van der Waals surface area contributed by atoms with E-state index in [1.54, 1.807) is 23.9 Å². The number of ether oxygens (including phenoxy) is 3. The van der Waals surface area contributed by atoms with Gasteiger partial charge in [0.25, 0.3) is 0 Å². The molecule has 1 saturated heterocycles. The van der Waals surface area contributed by atoms with Crippen molar-refractivity contribution < 1.29 is 29.2 Å². The smallest absolute Gasteiger partial charge is 0.411 e. The number of thioether (sulfide) groups is 1. The van der Waals surface area contributed by atoms with Crippen molar-refractivity contribution in [1.82, 2.24) is 0 Å². The van der Waals surface area contributed by atoms with Crippen molar-refractivity contribution in [2.75, 3.05) is 30.0 Å². The summed E-state index contributed by atoms with van der Waals surface area (Å²) < 4.78 is 17.4. The van der Waals surface area contributed by atoms with E-state index in [-0.39, 0.29) is 32.0 Å². The van der Waals surface area contributed by atoms with Crippen molar-refractivity contribution in [3.05, 3.63) is 77.9 Å². The highest BCUT2D eigenvalue weighted by atomic mass is 32.2. The molecule has 1 aliphatic heterocycles. The second-order valence-corrected chi connectivity index (χ2v) is 8.43. The lowest BCUT2D eigenvalue weighted by Gasteiger charge is -2.36. The molecular weight excluding hydrogens is 430 g/mol. The van der Waals surface area contributed by atoms with Gasteiger partial charge < -0.3 is 24.4 Å². The van der Waals surface area contributed by atoms with Crippen molar-refractivity contribution >= 4 is 23.5 Å². The molecule has 1 aliphatic rings. The molecule has 0 unspecified atom stereocenters. The van der Waals surface area contributed by atoms with E-state index in [4.69, 9.17) is 19.3 Å². The van der Waals surface area contributed by atoms with Crippen LogP contribution in [0.4, 0.5) is 10.5 Å². The molecule has 2 aromatic rings. The van der Waals surface area contributed by atoms with Gasteiger partial charge in [-0.15, -0.1) is 0 Å². The number of amides is 1. The van der Waals surface area contributed by atoms with Crippen molar-refractivity contribution in [3.8, 4) is 0 Å². The number of rotatable bonds is 10. The number of anilines is 1. The van der Waals surface area contributed by atoms with Gasteiger partial charge in [0.2, 0.25) is 0 Å². The highest BCUT2D eigenvalue weighted by Crippen LogP contribution is 2.39. The normalized spacial score (nSPS) is 20.5. The topological polar surface area (TPSA) is 97.3 Å². The summed E-state index contributed by atoms with van der Waals surface area (Å²) in [5.41, 5.74) is 3.31. The summed E-state index contributed by atoms with van der Waals surface area (Å²) in [4.78, 5) is 11.7. The first-order valence-corrected chi connectivity index (χ1v) is 11.6. The van der Waals surface area contributed by atoms with Crippen LogP contribution in [0.2, 0.25) is 0 Å². The molecule has 3 rings (SSSR count). The first-order valence-electron chi connectivity index (χ1n) is 10.5. The van der Waals surface area contributed by atoms with E-state index in [1.807, 2.05) is 36.4 Å². The Morgan fingerprint density at radius 3 is 2.50 bits per heavy atom. The van der Waals surface area contributed by atoms with Gasteiger partial charge in [0, 0.05) is 29.2 Å². The van der Waals surface area contributed by atoms with E-state index < -0.39 is 12.4 Å². The fourth-order valence-corrected chi connectivity index (χ4v) is 4.09. The maximum absolute atomic E-state index is 11.7. The minimum atomic E-state index is -0.562. The lowest BCUT2D eigenvalue weighted by atomic mass is 10.0. The summed E-state index contributed by atoms with van der Waals surface area (Å²) in [5.74, 6) is 1.41. The van der Waals surface area contributed by atoms with Crippen LogP contribution in [0.3, 0.4) is 0 Å². The van der Waals surface area contributed by atoms with Gasteiger partial charge in [-0.3, -0.25) is 5.32 Å². The Balaban J connectivity index is 1.71. The third kappa shape index (κ3) is 7.08. The molecule has 1 heterocycles. The molecule has 0 saturated carbocycles. The number of hydrogen-bond donors (Lipinski definition) is 3. The minimum Gasteiger partial charge on any atom is -0.445 e. The number of aliphatic hydroxyl groups excluding tert-OH is 2. The lowest BCUT2D eigenvalue weighted by Crippen LogP contribution is -2.31. The van der Waals surface area contributed by atoms with Crippen LogP contribution in [0, 0.1) is 0 Å².